The van der Waals surface area contributed by atoms with Crippen LogP contribution in [0.25, 0.3) is 0 Å². The maximum Gasteiger partial charge on any atom is 0.227 e. The van der Waals surface area contributed by atoms with Gasteiger partial charge in [-0.05, 0) is 30.5 Å². The monoisotopic (exact) mass is 410 g/mol. The van der Waals surface area contributed by atoms with Crippen LogP contribution < -0.4 is 20.4 Å². The predicted molar refractivity (Wildman–Crippen MR) is 116 cm³/mol. The van der Waals surface area contributed by atoms with Crippen molar-refractivity contribution in [2.45, 2.75) is 25.3 Å². The van der Waals surface area contributed by atoms with Crippen LogP contribution in [-0.2, 0) is 6.54 Å². The number of hydrogen-bond donors (Lipinski definition) is 3. The number of halogens is 1. The highest BCUT2D eigenvalue weighted by Crippen LogP contribution is 2.40. The molecule has 2 aliphatic rings. The number of hydrogen-bond acceptors (Lipinski definition) is 7. The molecule has 0 radical (unpaired) electrons. The quantitative estimate of drug-likeness (QED) is 0.567. The lowest BCUT2D eigenvalue weighted by molar-refractivity contribution is 0.867. The van der Waals surface area contributed by atoms with Gasteiger partial charge in [-0.2, -0.15) is 10.1 Å². The fourth-order valence-electron chi connectivity index (χ4n) is 3.59. The molecule has 0 unspecified atom stereocenters. The van der Waals surface area contributed by atoms with E-state index in [9.17, 15) is 0 Å². The van der Waals surface area contributed by atoms with Crippen molar-refractivity contribution >= 4 is 40.6 Å². The summed E-state index contributed by atoms with van der Waals surface area (Å²) in [6.45, 7) is 1.37. The Morgan fingerprint density at radius 3 is 2.97 bits per heavy atom. The number of benzene rings is 1. The van der Waals surface area contributed by atoms with Gasteiger partial charge in [0, 0.05) is 44.5 Å². The van der Waals surface area contributed by atoms with Gasteiger partial charge in [-0.25, -0.2) is 4.98 Å². The van der Waals surface area contributed by atoms with E-state index < -0.39 is 0 Å². The number of aromatic nitrogens is 4. The van der Waals surface area contributed by atoms with E-state index in [-0.39, 0.29) is 0 Å². The summed E-state index contributed by atoms with van der Waals surface area (Å²) in [5.41, 5.74) is 4.33. The third-order valence-electron chi connectivity index (χ3n) is 5.35. The van der Waals surface area contributed by atoms with Gasteiger partial charge >= 0.3 is 0 Å². The third kappa shape index (κ3) is 3.55. The molecule has 0 amide bonds. The zero-order valence-electron chi connectivity index (χ0n) is 16.4. The van der Waals surface area contributed by atoms with E-state index in [1.54, 1.807) is 6.20 Å². The number of H-pyrrole nitrogens is 1. The second-order valence-corrected chi connectivity index (χ2v) is 8.05. The zero-order chi connectivity index (χ0) is 20.0. The lowest BCUT2D eigenvalue weighted by Gasteiger charge is -2.20. The van der Waals surface area contributed by atoms with Gasteiger partial charge in [-0.3, -0.25) is 5.10 Å². The number of rotatable bonds is 6. The van der Waals surface area contributed by atoms with Crippen LogP contribution in [0.3, 0.4) is 0 Å². The number of aromatic amines is 1. The number of anilines is 5. The Balaban J connectivity index is 1.32. The van der Waals surface area contributed by atoms with Crippen molar-refractivity contribution < 1.29 is 0 Å². The van der Waals surface area contributed by atoms with Crippen molar-refractivity contribution in [3.05, 3.63) is 46.7 Å². The van der Waals surface area contributed by atoms with Gasteiger partial charge < -0.3 is 20.4 Å². The number of fused-ring (bicyclic) bond motifs is 1. The fourth-order valence-corrected chi connectivity index (χ4v) is 3.96. The first-order chi connectivity index (χ1) is 14.1. The van der Waals surface area contributed by atoms with Crippen molar-refractivity contribution in [1.82, 2.24) is 20.2 Å². The SMILES string of the molecule is CN(Cc1ccc2c(c1Cl)N(C)CN2)c1nccc(Nc2cc(C3CC3)[nH]n2)n1. The zero-order valence-corrected chi connectivity index (χ0v) is 17.2. The van der Waals surface area contributed by atoms with Gasteiger partial charge in [0.25, 0.3) is 0 Å². The van der Waals surface area contributed by atoms with Crippen LogP contribution >= 0.6 is 11.6 Å². The van der Waals surface area contributed by atoms with E-state index in [0.717, 1.165) is 34.4 Å². The Kier molecular flexibility index (Phi) is 4.43. The summed E-state index contributed by atoms with van der Waals surface area (Å²) in [6, 6.07) is 8.01. The van der Waals surface area contributed by atoms with Crippen LogP contribution in [0.5, 0.6) is 0 Å². The highest BCUT2D eigenvalue weighted by Gasteiger charge is 2.25. The van der Waals surface area contributed by atoms with E-state index >= 15 is 0 Å². The predicted octanol–water partition coefficient (Wildman–Crippen LogP) is 3.93. The van der Waals surface area contributed by atoms with E-state index in [2.05, 4.69) is 53.9 Å². The fraction of sp³-hybridized carbons (Fsp3) is 0.350. The summed E-state index contributed by atoms with van der Waals surface area (Å²) in [6.07, 6.45) is 4.22. The standard InChI is InChI=1S/C20H23ClN8/c1-28(10-13-5-6-14-19(18(13)21)29(2)11-23-14)20-22-8-7-16(25-20)24-17-9-15(26-27-17)12-3-4-12/h5-9,12,23H,3-4,10-11H2,1-2H3,(H2,22,24,25,26,27). The molecule has 3 N–H and O–H groups in total. The second kappa shape index (κ2) is 7.11. The Morgan fingerprint density at radius 2 is 2.14 bits per heavy atom. The molecule has 0 spiro atoms. The minimum absolute atomic E-state index is 0.609. The van der Waals surface area contributed by atoms with Crippen molar-refractivity contribution in [2.24, 2.45) is 0 Å². The summed E-state index contributed by atoms with van der Waals surface area (Å²) in [5.74, 6) is 2.74. The van der Waals surface area contributed by atoms with Gasteiger partial charge in [-0.1, -0.05) is 17.7 Å². The first-order valence-electron chi connectivity index (χ1n) is 9.71. The average Bonchev–Trinajstić information content (AvgIpc) is 3.35. The van der Waals surface area contributed by atoms with Gasteiger partial charge in [0.15, 0.2) is 5.82 Å². The number of nitrogens with zero attached hydrogens (tertiary/aromatic N) is 5. The summed E-state index contributed by atoms with van der Waals surface area (Å²) >= 11 is 6.68. The summed E-state index contributed by atoms with van der Waals surface area (Å²) < 4.78 is 0. The first-order valence-corrected chi connectivity index (χ1v) is 10.1. The third-order valence-corrected chi connectivity index (χ3v) is 5.77. The molecule has 1 aromatic carbocycles. The summed E-state index contributed by atoms with van der Waals surface area (Å²) in [5, 5.41) is 14.8. The Bertz CT molecular complexity index is 1040. The Labute approximate surface area is 174 Å². The molecule has 0 saturated heterocycles. The molecule has 1 saturated carbocycles. The lowest BCUT2D eigenvalue weighted by Crippen LogP contribution is -2.20. The van der Waals surface area contributed by atoms with Crippen LogP contribution in [0.1, 0.15) is 30.0 Å². The Hall–Kier alpha value is -3.00. The molecule has 150 valence electrons. The molecule has 3 aromatic rings. The first kappa shape index (κ1) is 18.1. The average molecular weight is 411 g/mol. The van der Waals surface area contributed by atoms with Crippen LogP contribution in [0.2, 0.25) is 5.02 Å². The van der Waals surface area contributed by atoms with E-state index in [0.29, 0.717) is 24.2 Å². The van der Waals surface area contributed by atoms with Crippen molar-refractivity contribution in [3.63, 3.8) is 0 Å². The van der Waals surface area contributed by atoms with Crippen LogP contribution in [0, 0.1) is 0 Å². The molecular weight excluding hydrogens is 388 g/mol. The van der Waals surface area contributed by atoms with Crippen molar-refractivity contribution in [2.75, 3.05) is 41.2 Å². The summed E-state index contributed by atoms with van der Waals surface area (Å²) in [4.78, 5) is 13.2. The van der Waals surface area contributed by atoms with Gasteiger partial charge in [0.1, 0.15) is 5.82 Å². The molecule has 1 aliphatic carbocycles. The molecule has 9 heteroatoms. The van der Waals surface area contributed by atoms with Gasteiger partial charge in [0.05, 0.1) is 23.1 Å². The minimum Gasteiger partial charge on any atom is -0.366 e. The van der Waals surface area contributed by atoms with Crippen molar-refractivity contribution in [3.8, 4) is 0 Å². The van der Waals surface area contributed by atoms with Crippen LogP contribution in [-0.4, -0.2) is 40.9 Å². The maximum absolute atomic E-state index is 6.68. The molecule has 0 bridgehead atoms. The van der Waals surface area contributed by atoms with Crippen LogP contribution in [0.4, 0.5) is 29.0 Å². The molecule has 2 aromatic heterocycles. The van der Waals surface area contributed by atoms with E-state index in [1.807, 2.05) is 25.1 Å². The molecule has 3 heterocycles. The molecule has 0 atom stereocenters. The molecule has 8 nitrogen and oxygen atoms in total. The normalized spacial score (nSPS) is 15.2. The largest absolute Gasteiger partial charge is 0.366 e. The minimum atomic E-state index is 0.609. The summed E-state index contributed by atoms with van der Waals surface area (Å²) in [7, 11) is 3.99. The van der Waals surface area contributed by atoms with Crippen molar-refractivity contribution in [1.29, 1.82) is 0 Å². The lowest BCUT2D eigenvalue weighted by atomic mass is 10.1. The molecule has 1 fully saturated rings. The molecule has 5 rings (SSSR count). The van der Waals surface area contributed by atoms with Crippen LogP contribution in [0.15, 0.2) is 30.5 Å². The second-order valence-electron chi connectivity index (χ2n) is 7.67. The molecule has 29 heavy (non-hydrogen) atoms. The topological polar surface area (TPSA) is 85.0 Å². The highest BCUT2D eigenvalue weighted by molar-refractivity contribution is 6.35. The highest BCUT2D eigenvalue weighted by atomic mass is 35.5. The molecular formula is C20H23ClN8. The van der Waals surface area contributed by atoms with E-state index in [1.165, 1.54) is 18.5 Å². The Morgan fingerprint density at radius 1 is 1.28 bits per heavy atom. The maximum atomic E-state index is 6.68. The number of nitrogens with one attached hydrogen (secondary N) is 3. The van der Waals surface area contributed by atoms with Gasteiger partial charge in [0.2, 0.25) is 5.95 Å². The van der Waals surface area contributed by atoms with E-state index in [4.69, 9.17) is 11.6 Å². The smallest absolute Gasteiger partial charge is 0.227 e. The molecule has 1 aliphatic heterocycles. The van der Waals surface area contributed by atoms with Gasteiger partial charge in [-0.15, -0.1) is 0 Å².